The molecular weight excluding hydrogens is 532 g/mol. The minimum Gasteiger partial charge on any atom is -0.493 e. The predicted molar refractivity (Wildman–Crippen MR) is 143 cm³/mol. The lowest BCUT2D eigenvalue weighted by molar-refractivity contribution is -0.141. The zero-order valence-electron chi connectivity index (χ0n) is 23.6. The smallest absolute Gasteiger partial charge is 0.359 e. The van der Waals surface area contributed by atoms with Crippen molar-refractivity contribution in [1.82, 2.24) is 9.97 Å². The van der Waals surface area contributed by atoms with Crippen molar-refractivity contribution in [2.45, 2.75) is 32.8 Å². The molecular formula is C30H30N2O9. The van der Waals surface area contributed by atoms with Gasteiger partial charge in [0.1, 0.15) is 6.10 Å². The van der Waals surface area contributed by atoms with Crippen LogP contribution in [0.25, 0.3) is 0 Å². The fraction of sp³-hybridized carbons (Fsp3) is 0.400. The number of nitrogens with zero attached hydrogens (tertiary/aromatic N) is 2. The summed E-state index contributed by atoms with van der Waals surface area (Å²) < 4.78 is 39.9. The van der Waals surface area contributed by atoms with Gasteiger partial charge in [-0.15, -0.1) is 0 Å². The number of carbonyl (C=O) groups excluding carboxylic acids is 2. The molecule has 11 nitrogen and oxygen atoms in total. The van der Waals surface area contributed by atoms with Crippen LogP contribution in [0, 0.1) is 32.6 Å². The third kappa shape index (κ3) is 4.27. The van der Waals surface area contributed by atoms with Crippen molar-refractivity contribution >= 4 is 11.9 Å². The average Bonchev–Trinajstić information content (AvgIpc) is 3.59. The highest BCUT2D eigenvalue weighted by Gasteiger charge is 2.54. The summed E-state index contributed by atoms with van der Waals surface area (Å²) >= 11 is 0. The molecule has 4 atom stereocenters. The molecule has 3 heterocycles. The lowest BCUT2D eigenvalue weighted by atomic mass is 9.66. The fourth-order valence-electron chi connectivity index (χ4n) is 6.02. The molecule has 3 aromatic rings. The molecule has 0 saturated carbocycles. The number of benzene rings is 2. The number of aryl methyl sites for hydroxylation is 3. The Morgan fingerprint density at radius 2 is 1.46 bits per heavy atom. The third-order valence-electron chi connectivity index (χ3n) is 8.07. The second-order valence-electron chi connectivity index (χ2n) is 10.2. The number of fused-ring (bicyclic) bond motifs is 3. The Kier molecular flexibility index (Phi) is 6.59. The van der Waals surface area contributed by atoms with Gasteiger partial charge in [0.2, 0.25) is 12.5 Å². The maximum Gasteiger partial charge on any atom is 0.359 e. The summed E-state index contributed by atoms with van der Waals surface area (Å²) in [7, 11) is 4.60. The van der Waals surface area contributed by atoms with E-state index in [2.05, 4.69) is 9.97 Å². The van der Waals surface area contributed by atoms with Gasteiger partial charge in [-0.05, 0) is 56.2 Å². The van der Waals surface area contributed by atoms with E-state index in [4.69, 9.17) is 33.2 Å². The zero-order valence-corrected chi connectivity index (χ0v) is 23.6. The lowest BCUT2D eigenvalue weighted by Gasteiger charge is -2.38. The van der Waals surface area contributed by atoms with Crippen LogP contribution in [-0.2, 0) is 14.3 Å². The van der Waals surface area contributed by atoms with Crippen LogP contribution in [0.1, 0.15) is 56.3 Å². The van der Waals surface area contributed by atoms with E-state index >= 15 is 0 Å². The van der Waals surface area contributed by atoms with E-state index in [0.717, 1.165) is 16.8 Å². The van der Waals surface area contributed by atoms with E-state index in [9.17, 15) is 9.59 Å². The first-order valence-electron chi connectivity index (χ1n) is 13.2. The van der Waals surface area contributed by atoms with Crippen molar-refractivity contribution in [2.75, 3.05) is 34.7 Å². The van der Waals surface area contributed by atoms with Crippen LogP contribution in [0.4, 0.5) is 0 Å². The summed E-state index contributed by atoms with van der Waals surface area (Å²) in [5.41, 5.74) is 4.13. The number of esters is 2. The first-order chi connectivity index (χ1) is 19.7. The predicted octanol–water partition coefficient (Wildman–Crippen LogP) is 3.99. The Morgan fingerprint density at radius 1 is 0.829 bits per heavy atom. The van der Waals surface area contributed by atoms with Crippen LogP contribution >= 0.6 is 0 Å². The largest absolute Gasteiger partial charge is 0.493 e. The summed E-state index contributed by atoms with van der Waals surface area (Å²) in [5.74, 6) is -0.274. The van der Waals surface area contributed by atoms with Crippen molar-refractivity contribution in [1.29, 1.82) is 0 Å². The van der Waals surface area contributed by atoms with Gasteiger partial charge in [-0.25, -0.2) is 9.78 Å². The summed E-state index contributed by atoms with van der Waals surface area (Å²) in [6.07, 6.45) is -0.815. The molecule has 0 bridgehead atoms. The van der Waals surface area contributed by atoms with Crippen molar-refractivity contribution < 1.29 is 42.7 Å². The van der Waals surface area contributed by atoms with Crippen LogP contribution < -0.4 is 23.7 Å². The number of cyclic esters (lactones) is 1. The molecule has 1 fully saturated rings. The minimum absolute atomic E-state index is 0.0594. The maximum absolute atomic E-state index is 13.5. The molecule has 214 valence electrons. The van der Waals surface area contributed by atoms with Crippen molar-refractivity contribution in [3.63, 3.8) is 0 Å². The standard InChI is InChI=1S/C30H30N2O9/c1-13-14(2)32-26(15(3)31-13)30(34)41-27-18-10-21-20(39-12-40-21)9-17(18)24(25-19(27)11-38-29(25)33)16-7-22(35-4)28(37-6)23(8-16)36-5/h7-10,19,24-25,27H,11-12H2,1-6H3/t19-,24+,25-,27-/m0/s1. The molecule has 0 unspecified atom stereocenters. The number of rotatable bonds is 6. The van der Waals surface area contributed by atoms with Gasteiger partial charge in [-0.3, -0.25) is 9.78 Å². The molecule has 1 aromatic heterocycles. The minimum atomic E-state index is -0.815. The second kappa shape index (κ2) is 10.1. The zero-order chi connectivity index (χ0) is 29.0. The van der Waals surface area contributed by atoms with Crippen LogP contribution in [0.15, 0.2) is 24.3 Å². The number of hydrogen-bond donors (Lipinski definition) is 0. The molecule has 41 heavy (non-hydrogen) atoms. The molecule has 0 amide bonds. The van der Waals surface area contributed by atoms with E-state index in [1.807, 2.05) is 31.2 Å². The molecule has 0 N–H and O–H groups in total. The number of methoxy groups -OCH3 is 3. The molecule has 2 aliphatic heterocycles. The van der Waals surface area contributed by atoms with Gasteiger partial charge < -0.3 is 33.2 Å². The highest BCUT2D eigenvalue weighted by molar-refractivity contribution is 5.89. The fourth-order valence-corrected chi connectivity index (χ4v) is 6.02. The van der Waals surface area contributed by atoms with E-state index in [-0.39, 0.29) is 25.1 Å². The molecule has 0 radical (unpaired) electrons. The monoisotopic (exact) mass is 562 g/mol. The topological polar surface area (TPSA) is 125 Å². The van der Waals surface area contributed by atoms with E-state index in [1.165, 1.54) is 21.3 Å². The summed E-state index contributed by atoms with van der Waals surface area (Å²) in [6, 6.07) is 7.31. The summed E-state index contributed by atoms with van der Waals surface area (Å²) in [6.45, 7) is 5.47. The average molecular weight is 563 g/mol. The Balaban J connectivity index is 1.51. The van der Waals surface area contributed by atoms with Gasteiger partial charge in [0.05, 0.1) is 50.9 Å². The quantitative estimate of drug-likeness (QED) is 0.405. The van der Waals surface area contributed by atoms with Gasteiger partial charge in [-0.1, -0.05) is 0 Å². The second-order valence-corrected chi connectivity index (χ2v) is 10.2. The van der Waals surface area contributed by atoms with Gasteiger partial charge in [-0.2, -0.15) is 0 Å². The highest BCUT2D eigenvalue weighted by atomic mass is 16.7. The van der Waals surface area contributed by atoms with Gasteiger partial charge in [0, 0.05) is 17.4 Å². The Morgan fingerprint density at radius 3 is 2.10 bits per heavy atom. The molecule has 6 rings (SSSR count). The van der Waals surface area contributed by atoms with Crippen molar-refractivity contribution in [2.24, 2.45) is 11.8 Å². The molecule has 1 aliphatic carbocycles. The van der Waals surface area contributed by atoms with E-state index < -0.39 is 29.8 Å². The third-order valence-corrected chi connectivity index (χ3v) is 8.07. The lowest BCUT2D eigenvalue weighted by Crippen LogP contribution is -2.36. The van der Waals surface area contributed by atoms with Gasteiger partial charge >= 0.3 is 11.9 Å². The first-order valence-corrected chi connectivity index (χ1v) is 13.2. The molecule has 2 aromatic carbocycles. The van der Waals surface area contributed by atoms with E-state index in [0.29, 0.717) is 45.7 Å². The Bertz CT molecular complexity index is 1540. The first kappa shape index (κ1) is 26.7. The van der Waals surface area contributed by atoms with Crippen LogP contribution in [0.5, 0.6) is 28.7 Å². The van der Waals surface area contributed by atoms with Crippen LogP contribution in [0.2, 0.25) is 0 Å². The maximum atomic E-state index is 13.5. The number of hydrogen-bond acceptors (Lipinski definition) is 11. The number of aromatic nitrogens is 2. The Hall–Kier alpha value is -4.54. The molecule has 1 saturated heterocycles. The van der Waals surface area contributed by atoms with Gasteiger partial charge in [0.25, 0.3) is 0 Å². The van der Waals surface area contributed by atoms with Crippen molar-refractivity contribution in [3.05, 3.63) is 63.7 Å². The van der Waals surface area contributed by atoms with E-state index in [1.54, 1.807) is 13.8 Å². The van der Waals surface area contributed by atoms with Gasteiger partial charge in [0.15, 0.2) is 28.7 Å². The number of ether oxygens (including phenoxy) is 7. The van der Waals surface area contributed by atoms with Crippen LogP contribution in [0.3, 0.4) is 0 Å². The number of carbonyl (C=O) groups is 2. The molecule has 3 aliphatic rings. The highest BCUT2D eigenvalue weighted by Crippen LogP contribution is 2.56. The molecule has 11 heteroatoms. The van der Waals surface area contributed by atoms with Crippen molar-refractivity contribution in [3.8, 4) is 28.7 Å². The Labute approximate surface area is 236 Å². The summed E-state index contributed by atoms with van der Waals surface area (Å²) in [5, 5.41) is 0. The summed E-state index contributed by atoms with van der Waals surface area (Å²) in [4.78, 5) is 35.8. The molecule has 0 spiro atoms. The normalized spacial score (nSPS) is 22.0. The van der Waals surface area contributed by atoms with Crippen LogP contribution in [-0.4, -0.2) is 56.6 Å². The SMILES string of the molecule is COc1cc([C@@H]2c3cc4c(cc3[C@H](OC(=O)c3nc(C)c(C)nc3C)[C@H]3COC(=O)[C@H]23)OCO4)cc(OC)c1OC.